The molecule has 21 heavy (non-hydrogen) atoms. The molecule has 2 aromatic heterocycles. The number of halogens is 1. The molecule has 0 saturated heterocycles. The number of ether oxygens (including phenoxy) is 1. The first kappa shape index (κ1) is 13.4. The minimum atomic E-state index is -0.498. The molecule has 106 valence electrons. The lowest BCUT2D eigenvalue weighted by Gasteiger charge is -2.08. The van der Waals surface area contributed by atoms with Crippen molar-refractivity contribution in [2.75, 3.05) is 0 Å². The molecule has 0 aliphatic heterocycles. The van der Waals surface area contributed by atoms with Gasteiger partial charge in [-0.25, -0.2) is 0 Å². The molecule has 0 N–H and O–H groups in total. The van der Waals surface area contributed by atoms with E-state index >= 15 is 0 Å². The second-order valence-corrected chi connectivity index (χ2v) is 4.64. The molecule has 0 fully saturated rings. The Bertz CT molecular complexity index is 847. The van der Waals surface area contributed by atoms with E-state index in [1.54, 1.807) is 25.1 Å². The van der Waals surface area contributed by atoms with Gasteiger partial charge in [-0.15, -0.1) is 20.4 Å². The van der Waals surface area contributed by atoms with Gasteiger partial charge in [-0.1, -0.05) is 17.7 Å². The molecule has 7 nitrogen and oxygen atoms in total. The first-order chi connectivity index (χ1) is 10.1. The molecule has 0 spiro atoms. The normalized spacial score (nSPS) is 10.8. The number of aromatic nitrogens is 4. The predicted molar refractivity (Wildman–Crippen MR) is 73.9 cm³/mol. The van der Waals surface area contributed by atoms with Crippen molar-refractivity contribution in [3.8, 4) is 17.3 Å². The minimum Gasteiger partial charge on any atom is -0.423 e. The molecule has 0 saturated carbocycles. The standard InChI is InChI=1S/C13H9ClN4O3/c1-6-15-18-13(20-6)11-12(21-7(2)19)8-4-3-5-9(14)10(8)16-17-11/h3-5H,1-2H3. The summed E-state index contributed by atoms with van der Waals surface area (Å²) in [5, 5.41) is 16.6. The van der Waals surface area contributed by atoms with E-state index in [2.05, 4.69) is 20.4 Å². The van der Waals surface area contributed by atoms with Gasteiger partial charge in [0.1, 0.15) is 5.52 Å². The summed E-state index contributed by atoms with van der Waals surface area (Å²) >= 11 is 6.07. The summed E-state index contributed by atoms with van der Waals surface area (Å²) in [6.07, 6.45) is 0. The third-order valence-electron chi connectivity index (χ3n) is 2.67. The number of rotatable bonds is 2. The summed E-state index contributed by atoms with van der Waals surface area (Å²) in [6.45, 7) is 2.94. The van der Waals surface area contributed by atoms with Gasteiger partial charge in [0.25, 0.3) is 5.89 Å². The van der Waals surface area contributed by atoms with Crippen molar-refractivity contribution >= 4 is 28.5 Å². The van der Waals surface area contributed by atoms with Gasteiger partial charge in [0.2, 0.25) is 5.89 Å². The molecule has 3 aromatic rings. The largest absolute Gasteiger partial charge is 0.423 e. The van der Waals surface area contributed by atoms with Crippen LogP contribution in [-0.4, -0.2) is 26.4 Å². The fraction of sp³-hybridized carbons (Fsp3) is 0.154. The molecular formula is C13H9ClN4O3. The van der Waals surface area contributed by atoms with Crippen LogP contribution in [0.4, 0.5) is 0 Å². The topological polar surface area (TPSA) is 91.0 Å². The number of nitrogens with zero attached hydrogens (tertiary/aromatic N) is 4. The van der Waals surface area contributed by atoms with Crippen LogP contribution < -0.4 is 4.74 Å². The Kier molecular flexibility index (Phi) is 3.26. The molecule has 0 amide bonds. The molecule has 8 heteroatoms. The van der Waals surface area contributed by atoms with Crippen LogP contribution >= 0.6 is 11.6 Å². The van der Waals surface area contributed by atoms with Crippen LogP contribution in [0.2, 0.25) is 5.02 Å². The van der Waals surface area contributed by atoms with Crippen molar-refractivity contribution in [3.05, 3.63) is 29.1 Å². The second kappa shape index (κ2) is 5.10. The van der Waals surface area contributed by atoms with E-state index in [0.29, 0.717) is 21.8 Å². The number of benzene rings is 1. The molecule has 0 aliphatic carbocycles. The molecule has 0 radical (unpaired) electrons. The number of aryl methyl sites for hydroxylation is 1. The summed E-state index contributed by atoms with van der Waals surface area (Å²) in [5.41, 5.74) is 0.621. The highest BCUT2D eigenvalue weighted by atomic mass is 35.5. The lowest BCUT2D eigenvalue weighted by Crippen LogP contribution is -2.05. The van der Waals surface area contributed by atoms with E-state index in [9.17, 15) is 4.79 Å². The summed E-state index contributed by atoms with van der Waals surface area (Å²) in [5.74, 6) is 0.185. The highest BCUT2D eigenvalue weighted by Crippen LogP contribution is 2.35. The molecule has 0 atom stereocenters. The van der Waals surface area contributed by atoms with Crippen molar-refractivity contribution in [2.45, 2.75) is 13.8 Å². The number of fused-ring (bicyclic) bond motifs is 1. The van der Waals surface area contributed by atoms with Gasteiger partial charge in [0, 0.05) is 19.2 Å². The number of esters is 1. The molecule has 1 aromatic carbocycles. The average Bonchev–Trinajstić information content (AvgIpc) is 2.86. The van der Waals surface area contributed by atoms with Crippen LogP contribution in [-0.2, 0) is 4.79 Å². The number of carbonyl (C=O) groups excluding carboxylic acids is 1. The first-order valence-electron chi connectivity index (χ1n) is 6.00. The van der Waals surface area contributed by atoms with Gasteiger partial charge < -0.3 is 9.15 Å². The number of hydrogen-bond acceptors (Lipinski definition) is 7. The van der Waals surface area contributed by atoms with Gasteiger partial charge in [-0.2, -0.15) is 0 Å². The van der Waals surface area contributed by atoms with Gasteiger partial charge in [0.15, 0.2) is 11.4 Å². The van der Waals surface area contributed by atoms with E-state index in [-0.39, 0.29) is 17.3 Å². The van der Waals surface area contributed by atoms with E-state index in [0.717, 1.165) is 0 Å². The third kappa shape index (κ3) is 2.43. The maximum absolute atomic E-state index is 11.4. The van der Waals surface area contributed by atoms with E-state index in [1.165, 1.54) is 6.92 Å². The minimum absolute atomic E-state index is 0.123. The second-order valence-electron chi connectivity index (χ2n) is 4.23. The fourth-order valence-electron chi connectivity index (χ4n) is 1.85. The molecule has 2 heterocycles. The Labute approximate surface area is 123 Å². The molecule has 0 aliphatic rings. The quantitative estimate of drug-likeness (QED) is 0.672. The van der Waals surface area contributed by atoms with Gasteiger partial charge in [0.05, 0.1) is 5.02 Å². The Morgan fingerprint density at radius 3 is 2.71 bits per heavy atom. The van der Waals surface area contributed by atoms with Crippen molar-refractivity contribution in [1.82, 2.24) is 20.4 Å². The van der Waals surface area contributed by atoms with Crippen LogP contribution in [0.25, 0.3) is 22.5 Å². The van der Waals surface area contributed by atoms with Crippen LogP contribution in [0, 0.1) is 6.92 Å². The maximum Gasteiger partial charge on any atom is 0.308 e. The van der Waals surface area contributed by atoms with Crippen molar-refractivity contribution < 1.29 is 13.9 Å². The van der Waals surface area contributed by atoms with Gasteiger partial charge in [-0.3, -0.25) is 4.79 Å². The molecule has 3 rings (SSSR count). The summed E-state index contributed by atoms with van der Waals surface area (Å²) in [4.78, 5) is 11.4. The van der Waals surface area contributed by atoms with Crippen LogP contribution in [0.5, 0.6) is 5.75 Å². The summed E-state index contributed by atoms with van der Waals surface area (Å²) < 4.78 is 10.6. The lowest BCUT2D eigenvalue weighted by atomic mass is 10.2. The van der Waals surface area contributed by atoms with Crippen LogP contribution in [0.1, 0.15) is 12.8 Å². The first-order valence-corrected chi connectivity index (χ1v) is 6.38. The predicted octanol–water partition coefficient (Wildman–Crippen LogP) is 2.57. The van der Waals surface area contributed by atoms with Crippen LogP contribution in [0.15, 0.2) is 22.6 Å². The Balaban J connectivity index is 2.31. The average molecular weight is 305 g/mol. The smallest absolute Gasteiger partial charge is 0.308 e. The van der Waals surface area contributed by atoms with Crippen molar-refractivity contribution in [3.63, 3.8) is 0 Å². The third-order valence-corrected chi connectivity index (χ3v) is 2.98. The highest BCUT2D eigenvalue weighted by Gasteiger charge is 2.21. The zero-order valence-electron chi connectivity index (χ0n) is 11.1. The van der Waals surface area contributed by atoms with Gasteiger partial charge >= 0.3 is 5.97 Å². The van der Waals surface area contributed by atoms with E-state index in [1.807, 2.05) is 0 Å². The maximum atomic E-state index is 11.4. The van der Waals surface area contributed by atoms with Crippen molar-refractivity contribution in [1.29, 1.82) is 0 Å². The van der Waals surface area contributed by atoms with Gasteiger partial charge in [-0.05, 0) is 12.1 Å². The Hall–Kier alpha value is -2.54. The highest BCUT2D eigenvalue weighted by molar-refractivity contribution is 6.35. The monoisotopic (exact) mass is 304 g/mol. The van der Waals surface area contributed by atoms with Crippen molar-refractivity contribution in [2.24, 2.45) is 0 Å². The lowest BCUT2D eigenvalue weighted by molar-refractivity contribution is -0.131. The number of hydrogen-bond donors (Lipinski definition) is 0. The van der Waals surface area contributed by atoms with Crippen LogP contribution in [0.3, 0.4) is 0 Å². The summed E-state index contributed by atoms with van der Waals surface area (Å²) in [7, 11) is 0. The zero-order valence-corrected chi connectivity index (χ0v) is 11.9. The molecule has 0 unspecified atom stereocenters. The Morgan fingerprint density at radius 2 is 2.05 bits per heavy atom. The Morgan fingerprint density at radius 1 is 1.24 bits per heavy atom. The summed E-state index contributed by atoms with van der Waals surface area (Å²) in [6, 6.07) is 5.12. The van der Waals surface area contributed by atoms with E-state index < -0.39 is 5.97 Å². The molecule has 0 bridgehead atoms. The molecular weight excluding hydrogens is 296 g/mol. The fourth-order valence-corrected chi connectivity index (χ4v) is 2.06. The SMILES string of the molecule is CC(=O)Oc1c(-c2nnc(C)o2)nnc2c(Cl)cccc12. The zero-order chi connectivity index (χ0) is 15.0. The number of carbonyl (C=O) groups is 1. The van der Waals surface area contributed by atoms with E-state index in [4.69, 9.17) is 20.8 Å².